The molecule has 0 unspecified atom stereocenters. The topological polar surface area (TPSA) is 89.0 Å². The summed E-state index contributed by atoms with van der Waals surface area (Å²) in [6.45, 7) is 6.47. The van der Waals surface area contributed by atoms with Gasteiger partial charge in [0.15, 0.2) is 11.6 Å². The molecule has 1 aromatic heterocycles. The van der Waals surface area contributed by atoms with E-state index in [9.17, 15) is 13.5 Å². The number of thiazole rings is 1. The summed E-state index contributed by atoms with van der Waals surface area (Å²) < 4.78 is 37.3. The van der Waals surface area contributed by atoms with Crippen molar-refractivity contribution in [1.29, 1.82) is 0 Å². The van der Waals surface area contributed by atoms with Crippen molar-refractivity contribution in [3.05, 3.63) is 47.7 Å². The van der Waals surface area contributed by atoms with E-state index in [1.165, 1.54) is 7.05 Å². The van der Waals surface area contributed by atoms with E-state index in [1.807, 2.05) is 19.9 Å². The van der Waals surface area contributed by atoms with Crippen LogP contribution in [-0.4, -0.2) is 45.9 Å². The van der Waals surface area contributed by atoms with Crippen molar-refractivity contribution in [1.82, 2.24) is 4.98 Å². The van der Waals surface area contributed by atoms with Gasteiger partial charge in [-0.05, 0) is 12.5 Å². The third-order valence-corrected chi connectivity index (χ3v) is 6.63. The molecular formula is C19H27N2O5S2Y-. The summed E-state index contributed by atoms with van der Waals surface area (Å²) in [5, 5.41) is 11.0. The molecule has 1 aromatic carbocycles. The molecule has 29 heavy (non-hydrogen) atoms. The third kappa shape index (κ3) is 5.58. The summed E-state index contributed by atoms with van der Waals surface area (Å²) in [4.78, 5) is 4.44. The van der Waals surface area contributed by atoms with Gasteiger partial charge in [0.25, 0.3) is 15.2 Å². The Morgan fingerprint density at radius 2 is 1.83 bits per heavy atom. The van der Waals surface area contributed by atoms with Crippen molar-refractivity contribution >= 4 is 37.8 Å². The molecule has 0 amide bonds. The predicted octanol–water partition coefficient (Wildman–Crippen LogP) is 4.11. The minimum absolute atomic E-state index is 0. The van der Waals surface area contributed by atoms with Gasteiger partial charge in [0.05, 0.1) is 6.61 Å². The van der Waals surface area contributed by atoms with Crippen molar-refractivity contribution in [2.45, 2.75) is 20.8 Å². The fourth-order valence-electron chi connectivity index (χ4n) is 2.50. The molecule has 0 atom stereocenters. The van der Waals surface area contributed by atoms with Gasteiger partial charge < -0.3 is 22.0 Å². The monoisotopic (exact) mass is 516 g/mol. The first-order valence-corrected chi connectivity index (χ1v) is 10.7. The predicted molar refractivity (Wildman–Crippen MR) is 115 cm³/mol. The third-order valence-electron chi connectivity index (χ3n) is 3.84. The normalized spacial score (nSPS) is 14.0. The molecule has 2 heterocycles. The summed E-state index contributed by atoms with van der Waals surface area (Å²) in [5.74, 6) is -0.145. The first kappa shape index (κ1) is 28.0. The van der Waals surface area contributed by atoms with E-state index in [0.717, 1.165) is 21.2 Å². The average molecular weight is 516 g/mol. The van der Waals surface area contributed by atoms with Gasteiger partial charge in [-0.3, -0.25) is 4.31 Å². The molecule has 7 nitrogen and oxygen atoms in total. The Labute approximate surface area is 202 Å². The van der Waals surface area contributed by atoms with Crippen LogP contribution in [0.25, 0.3) is 10.7 Å². The molecule has 10 heteroatoms. The van der Waals surface area contributed by atoms with Crippen molar-refractivity contribution in [3.63, 3.8) is 0 Å². The van der Waals surface area contributed by atoms with E-state index in [-0.39, 0.29) is 68.4 Å². The molecule has 0 saturated heterocycles. The van der Waals surface area contributed by atoms with E-state index < -0.39 is 10.0 Å². The Bertz CT molecular complexity index is 942. The van der Waals surface area contributed by atoms with Crippen LogP contribution in [-0.2, 0) is 47.5 Å². The second kappa shape index (κ2) is 12.0. The molecule has 159 valence electrons. The molecule has 1 N–H and O–H groups in total. The van der Waals surface area contributed by atoms with Gasteiger partial charge in [-0.2, -0.15) is 4.98 Å². The molecule has 0 saturated carbocycles. The Kier molecular flexibility index (Phi) is 11.6. The number of nitrogens with zero attached hydrogens (tertiary/aromatic N) is 2. The number of fused-ring (bicyclic) bond motifs is 1. The van der Waals surface area contributed by atoms with Crippen molar-refractivity contribution < 1.29 is 55.7 Å². The van der Waals surface area contributed by atoms with Gasteiger partial charge in [-0.15, -0.1) is 0 Å². The Morgan fingerprint density at radius 3 is 2.41 bits per heavy atom. The van der Waals surface area contributed by atoms with E-state index >= 15 is 0 Å². The summed E-state index contributed by atoms with van der Waals surface area (Å²) in [5.41, 5.74) is 1.22. The van der Waals surface area contributed by atoms with Crippen LogP contribution in [0.4, 0.5) is 5.82 Å². The van der Waals surface area contributed by atoms with E-state index in [4.69, 9.17) is 9.47 Å². The number of aromatic nitrogens is 1. The number of hydrogen-bond donors (Lipinski definition) is 1. The smallest absolute Gasteiger partial charge is 0.276 e. The van der Waals surface area contributed by atoms with E-state index in [2.05, 4.69) is 4.98 Å². The maximum atomic E-state index is 12.9. The Balaban J connectivity index is 0.00000190. The van der Waals surface area contributed by atoms with Crippen LogP contribution in [0.3, 0.4) is 0 Å². The molecule has 0 aliphatic carbocycles. The number of ether oxygens (including phenoxy) is 2. The zero-order chi connectivity index (χ0) is 20.2. The average Bonchev–Trinajstić information content (AvgIpc) is 3.08. The van der Waals surface area contributed by atoms with E-state index in [1.54, 1.807) is 32.2 Å². The molecule has 3 rings (SSSR count). The van der Waals surface area contributed by atoms with Crippen LogP contribution in [0, 0.1) is 14.4 Å². The number of aliphatic hydroxyl groups excluding tert-OH is 1. The molecule has 2 aromatic rings. The van der Waals surface area contributed by atoms with Gasteiger partial charge in [-0.25, -0.2) is 8.42 Å². The Morgan fingerprint density at radius 1 is 1.21 bits per heavy atom. The molecule has 0 spiro atoms. The van der Waals surface area contributed by atoms with E-state index in [0.29, 0.717) is 17.0 Å². The van der Waals surface area contributed by atoms with Gasteiger partial charge in [0, 0.05) is 52.4 Å². The van der Waals surface area contributed by atoms with Crippen molar-refractivity contribution in [2.24, 2.45) is 0 Å². The molecular weight excluding hydrogens is 489 g/mol. The molecule has 0 bridgehead atoms. The molecule has 0 fully saturated rings. The number of hydrogen-bond acceptors (Lipinski definition) is 7. The standard InChI is InChI=1S/C16H18N2O5S2.C2H6.CH3.Y/c1-10-6-4-5-7-11(10)14-12(19)13-15(18(2)25(14,20)21)17-16(24-13)23-9-8-22-3;1-2;;/h4-7,19H,8-9H2,1-3H3;1-2H3;1H3;/q;;-1;. The van der Waals surface area contributed by atoms with Crippen LogP contribution >= 0.6 is 11.3 Å². The number of benzene rings is 1. The SMILES string of the molecule is CC.COCCOc1nc2c(s1)C(O)=C(c1ccccc1C)S(=O)(=O)N2C.[CH3-].[Y]. The zero-order valence-corrected chi connectivity index (χ0v) is 22.1. The molecule has 1 aliphatic rings. The van der Waals surface area contributed by atoms with Crippen LogP contribution < -0.4 is 9.04 Å². The fourth-order valence-corrected chi connectivity index (χ4v) is 5.04. The molecule has 1 aliphatic heterocycles. The first-order valence-electron chi connectivity index (χ1n) is 8.49. The number of aliphatic hydroxyl groups is 1. The van der Waals surface area contributed by atoms with Crippen LogP contribution in [0.15, 0.2) is 24.3 Å². The number of methoxy groups -OCH3 is 1. The maximum absolute atomic E-state index is 12.9. The maximum Gasteiger partial charge on any atom is 0.276 e. The van der Waals surface area contributed by atoms with Crippen LogP contribution in [0.5, 0.6) is 5.19 Å². The quantitative estimate of drug-likeness (QED) is 0.475. The number of anilines is 1. The number of aryl methyl sites for hydroxylation is 1. The van der Waals surface area contributed by atoms with Gasteiger partial charge >= 0.3 is 0 Å². The Hall–Kier alpha value is -0.996. The molecule has 1 radical (unpaired) electrons. The fraction of sp³-hybridized carbons (Fsp3) is 0.368. The minimum Gasteiger partial charge on any atom is -0.505 e. The summed E-state index contributed by atoms with van der Waals surface area (Å²) in [6.07, 6.45) is 0. The van der Waals surface area contributed by atoms with Crippen molar-refractivity contribution in [2.75, 3.05) is 31.7 Å². The summed E-state index contributed by atoms with van der Waals surface area (Å²) in [6, 6.07) is 7.02. The zero-order valence-electron chi connectivity index (χ0n) is 17.6. The van der Waals surface area contributed by atoms with Crippen molar-refractivity contribution in [3.8, 4) is 5.19 Å². The summed E-state index contributed by atoms with van der Waals surface area (Å²) in [7, 11) is -0.956. The first-order chi connectivity index (χ1) is 12.9. The second-order valence-corrected chi connectivity index (χ2v) is 8.31. The number of rotatable bonds is 5. The van der Waals surface area contributed by atoms with Gasteiger partial charge in [0.1, 0.15) is 16.4 Å². The van der Waals surface area contributed by atoms with Crippen LogP contribution in [0.1, 0.15) is 29.9 Å². The number of sulfonamides is 1. The minimum atomic E-state index is -3.93. The summed E-state index contributed by atoms with van der Waals surface area (Å²) >= 11 is 1.10. The second-order valence-electron chi connectivity index (χ2n) is 5.44. The van der Waals surface area contributed by atoms with Gasteiger partial charge in [0.2, 0.25) is 0 Å². The largest absolute Gasteiger partial charge is 0.505 e. The van der Waals surface area contributed by atoms with Gasteiger partial charge in [-0.1, -0.05) is 49.4 Å². The van der Waals surface area contributed by atoms with Crippen LogP contribution in [0.2, 0.25) is 0 Å².